The maximum absolute atomic E-state index is 10.6. The first-order valence-corrected chi connectivity index (χ1v) is 6.77. The lowest BCUT2D eigenvalue weighted by Crippen LogP contribution is -2.95. The Hall–Kier alpha value is -1.05. The van der Waals surface area contributed by atoms with Crippen molar-refractivity contribution in [3.8, 4) is 0 Å². The molecule has 5 rings (SSSR count). The molecule has 0 radical (unpaired) electrons. The van der Waals surface area contributed by atoms with Gasteiger partial charge in [0.1, 0.15) is 29.5 Å². The van der Waals surface area contributed by atoms with Crippen LogP contribution >= 0.6 is 0 Å². The SMILES string of the molecule is NC1=N[C@H](O)[C@H]2[C@@H]3O[C@@]4(O)O[C@H]([C@@H](O)[C@]2(N1)[C@@H]4O)[C@]3(O)CO. The number of hydrogen-bond donors (Lipinski definition) is 8. The van der Waals surface area contributed by atoms with Gasteiger partial charge in [-0.3, -0.25) is 0 Å². The number of rotatable bonds is 1. The van der Waals surface area contributed by atoms with Gasteiger partial charge in [-0.15, -0.1) is 0 Å². The minimum atomic E-state index is -2.52. The maximum Gasteiger partial charge on any atom is 0.311 e. The highest BCUT2D eigenvalue weighted by molar-refractivity contribution is 5.80. The van der Waals surface area contributed by atoms with Crippen molar-refractivity contribution in [2.75, 3.05) is 6.61 Å². The first kappa shape index (κ1) is 14.5. The monoisotopic (exact) mass is 319 g/mol. The number of hydrogen-bond acceptors (Lipinski definition) is 11. The number of aliphatic hydroxyl groups is 6. The topological polar surface area (TPSA) is 190 Å². The van der Waals surface area contributed by atoms with Gasteiger partial charge in [-0.2, -0.15) is 0 Å². The predicted octanol–water partition coefficient (Wildman–Crippen LogP) is -5.52. The fraction of sp³-hybridized carbons (Fsp3) is 0.909. The molecule has 4 fully saturated rings. The second-order valence-electron chi connectivity index (χ2n) is 6.22. The highest BCUT2D eigenvalue weighted by Gasteiger charge is 2.82. The minimum Gasteiger partial charge on any atom is -0.393 e. The van der Waals surface area contributed by atoms with Gasteiger partial charge in [0.15, 0.2) is 18.3 Å². The molecule has 0 aromatic carbocycles. The van der Waals surface area contributed by atoms with Crippen molar-refractivity contribution in [3.63, 3.8) is 0 Å². The maximum atomic E-state index is 10.6. The molecule has 0 aromatic heterocycles. The lowest BCUT2D eigenvalue weighted by Gasteiger charge is -2.71. The van der Waals surface area contributed by atoms with Gasteiger partial charge in [-0.1, -0.05) is 0 Å². The zero-order valence-electron chi connectivity index (χ0n) is 11.2. The molecule has 0 aromatic rings. The molecule has 0 amide bonds. The number of nitrogens with two attached hydrogens (primary N) is 1. The van der Waals surface area contributed by atoms with Crippen molar-refractivity contribution < 1.29 is 40.1 Å². The van der Waals surface area contributed by atoms with Crippen LogP contribution in [-0.2, 0) is 9.47 Å². The third-order valence-corrected chi connectivity index (χ3v) is 5.22. The number of guanidine groups is 1. The van der Waals surface area contributed by atoms with Crippen LogP contribution in [-0.4, -0.2) is 91.0 Å². The van der Waals surface area contributed by atoms with Crippen molar-refractivity contribution in [1.82, 2.24) is 5.32 Å². The van der Waals surface area contributed by atoms with E-state index in [1.54, 1.807) is 0 Å². The molecule has 0 unspecified atom stereocenters. The second kappa shape index (κ2) is 3.88. The van der Waals surface area contributed by atoms with Crippen molar-refractivity contribution in [2.45, 2.75) is 47.8 Å². The van der Waals surface area contributed by atoms with E-state index in [0.717, 1.165) is 0 Å². The summed E-state index contributed by atoms with van der Waals surface area (Å²) in [6, 6.07) is 0. The van der Waals surface area contributed by atoms with Crippen molar-refractivity contribution in [1.29, 1.82) is 0 Å². The molecule has 4 aliphatic heterocycles. The van der Waals surface area contributed by atoms with E-state index in [1.807, 2.05) is 0 Å². The van der Waals surface area contributed by atoms with E-state index in [1.165, 1.54) is 0 Å². The smallest absolute Gasteiger partial charge is 0.311 e. The molecule has 3 saturated heterocycles. The van der Waals surface area contributed by atoms with Crippen LogP contribution in [0.3, 0.4) is 0 Å². The fourth-order valence-corrected chi connectivity index (χ4v) is 4.24. The molecule has 1 aliphatic carbocycles. The molecule has 4 heterocycles. The van der Waals surface area contributed by atoms with E-state index in [0.29, 0.717) is 0 Å². The Morgan fingerprint density at radius 3 is 2.45 bits per heavy atom. The van der Waals surface area contributed by atoms with E-state index in [4.69, 9.17) is 15.2 Å². The highest BCUT2D eigenvalue weighted by Crippen LogP contribution is 2.58. The average Bonchev–Trinajstić information content (AvgIpc) is 2.45. The van der Waals surface area contributed by atoms with E-state index in [9.17, 15) is 30.6 Å². The van der Waals surface area contributed by atoms with Gasteiger partial charge < -0.3 is 51.2 Å². The summed E-state index contributed by atoms with van der Waals surface area (Å²) in [7, 11) is 0. The van der Waals surface area contributed by atoms with Crippen LogP contribution in [0.15, 0.2) is 4.99 Å². The largest absolute Gasteiger partial charge is 0.393 e. The van der Waals surface area contributed by atoms with Gasteiger partial charge in [0.2, 0.25) is 0 Å². The molecular weight excluding hydrogens is 302 g/mol. The first-order chi connectivity index (χ1) is 10.2. The zero-order valence-corrected chi connectivity index (χ0v) is 11.2. The molecule has 11 heteroatoms. The normalized spacial score (nSPS) is 62.4. The molecule has 9 N–H and O–H groups in total. The molecule has 22 heavy (non-hydrogen) atoms. The van der Waals surface area contributed by atoms with Gasteiger partial charge in [0.05, 0.1) is 12.5 Å². The van der Waals surface area contributed by atoms with E-state index in [2.05, 4.69) is 10.3 Å². The molecule has 124 valence electrons. The Morgan fingerprint density at radius 2 is 1.82 bits per heavy atom. The van der Waals surface area contributed by atoms with Crippen LogP contribution < -0.4 is 11.1 Å². The average molecular weight is 319 g/mol. The van der Waals surface area contributed by atoms with Gasteiger partial charge in [0, 0.05) is 0 Å². The number of ether oxygens (including phenoxy) is 2. The molecule has 11 nitrogen and oxygen atoms in total. The number of aliphatic imine (C=N–C) groups is 1. The van der Waals surface area contributed by atoms with Gasteiger partial charge in [0.25, 0.3) is 0 Å². The summed E-state index contributed by atoms with van der Waals surface area (Å²) in [5.41, 5.74) is 1.74. The van der Waals surface area contributed by atoms with Crippen LogP contribution in [0, 0.1) is 5.92 Å². The third kappa shape index (κ3) is 1.28. The van der Waals surface area contributed by atoms with Crippen LogP contribution in [0.1, 0.15) is 0 Å². The summed E-state index contributed by atoms with van der Waals surface area (Å²) in [6.07, 6.45) is -7.77. The molecule has 9 atom stereocenters. The molecule has 1 saturated carbocycles. The predicted molar refractivity (Wildman–Crippen MR) is 65.7 cm³/mol. The summed E-state index contributed by atoms with van der Waals surface area (Å²) >= 11 is 0. The molecule has 4 bridgehead atoms. The van der Waals surface area contributed by atoms with Crippen molar-refractivity contribution in [2.24, 2.45) is 16.6 Å². The van der Waals surface area contributed by atoms with Gasteiger partial charge in [-0.25, -0.2) is 4.99 Å². The Balaban J connectivity index is 1.95. The molecule has 5 aliphatic rings. The lowest BCUT2D eigenvalue weighted by atomic mass is 9.55. The Morgan fingerprint density at radius 1 is 1.18 bits per heavy atom. The second-order valence-corrected chi connectivity index (χ2v) is 6.22. The fourth-order valence-electron chi connectivity index (χ4n) is 4.24. The Bertz CT molecular complexity index is 561. The number of aliphatic hydroxyl groups excluding tert-OH is 4. The number of nitrogens with one attached hydrogen (secondary N) is 1. The lowest BCUT2D eigenvalue weighted by molar-refractivity contribution is -0.548. The summed E-state index contributed by atoms with van der Waals surface area (Å²) < 4.78 is 10.3. The molecule has 1 spiro atoms. The number of nitrogens with zero attached hydrogens (tertiary/aromatic N) is 1. The minimum absolute atomic E-state index is 0.250. The van der Waals surface area contributed by atoms with Gasteiger partial charge >= 0.3 is 5.97 Å². The van der Waals surface area contributed by atoms with Crippen LogP contribution in [0.5, 0.6) is 0 Å². The standard InChI is InChI=1S/C11H17N3O8/c12-8-13-6(17)2-4-9(19,1-15)5-3(16)10(2,14-8)7(18)11(20,21-4)22-5/h2-7,15-20H,1H2,(H3,12,13,14)/t2-,3-,4+,5-,6-,7+,9+,10+,11-/m1/s1. The third-order valence-electron chi connectivity index (χ3n) is 5.22. The van der Waals surface area contributed by atoms with Crippen molar-refractivity contribution >= 4 is 5.96 Å². The quantitative estimate of drug-likeness (QED) is 0.231. The van der Waals surface area contributed by atoms with Gasteiger partial charge in [-0.05, 0) is 0 Å². The van der Waals surface area contributed by atoms with Crippen LogP contribution in [0.4, 0.5) is 0 Å². The first-order valence-electron chi connectivity index (χ1n) is 6.77. The van der Waals surface area contributed by atoms with Crippen molar-refractivity contribution in [3.05, 3.63) is 0 Å². The zero-order chi connectivity index (χ0) is 16.1. The Labute approximate surface area is 123 Å². The summed E-state index contributed by atoms with van der Waals surface area (Å²) in [5.74, 6) is -3.95. The summed E-state index contributed by atoms with van der Waals surface area (Å²) in [4.78, 5) is 3.70. The van der Waals surface area contributed by atoms with E-state index < -0.39 is 60.3 Å². The summed E-state index contributed by atoms with van der Waals surface area (Å²) in [5, 5.41) is 64.3. The van der Waals surface area contributed by atoms with E-state index >= 15 is 0 Å². The van der Waals surface area contributed by atoms with Crippen LogP contribution in [0.25, 0.3) is 0 Å². The van der Waals surface area contributed by atoms with Crippen LogP contribution in [0.2, 0.25) is 0 Å². The van der Waals surface area contributed by atoms with E-state index in [-0.39, 0.29) is 5.96 Å². The molecular formula is C11H17N3O8. The summed E-state index contributed by atoms with van der Waals surface area (Å²) in [6.45, 7) is -0.857. The highest BCUT2D eigenvalue weighted by atomic mass is 16.9. The Kier molecular flexibility index (Phi) is 2.57.